The molecule has 1 unspecified atom stereocenters. The summed E-state index contributed by atoms with van der Waals surface area (Å²) in [6.07, 6.45) is 12.8. The van der Waals surface area contributed by atoms with Gasteiger partial charge in [0.25, 0.3) is 0 Å². The highest BCUT2D eigenvalue weighted by atomic mass is 14.0. The predicted octanol–water partition coefficient (Wildman–Crippen LogP) is 4.56. The van der Waals surface area contributed by atoms with E-state index in [0.717, 1.165) is 5.92 Å². The van der Waals surface area contributed by atoms with Crippen molar-refractivity contribution in [3.63, 3.8) is 0 Å². The average molecular weight is 168 g/mol. The zero-order valence-corrected chi connectivity index (χ0v) is 8.97. The van der Waals surface area contributed by atoms with Crippen molar-refractivity contribution in [3.8, 4) is 0 Å². The molecule has 0 heteroatoms. The summed E-state index contributed by atoms with van der Waals surface area (Å²) >= 11 is 0. The van der Waals surface area contributed by atoms with Gasteiger partial charge in [-0.15, -0.1) is 0 Å². The number of hydrogen-bond donors (Lipinski definition) is 0. The minimum atomic E-state index is 0.793. The van der Waals surface area contributed by atoms with Gasteiger partial charge in [0.15, 0.2) is 0 Å². The quantitative estimate of drug-likeness (QED) is 0.386. The maximum atomic E-state index is 2.35. The van der Waals surface area contributed by atoms with Crippen LogP contribution in [0, 0.1) is 5.92 Å². The van der Waals surface area contributed by atoms with E-state index in [9.17, 15) is 0 Å². The van der Waals surface area contributed by atoms with Crippen LogP contribution in [0.15, 0.2) is 12.2 Å². The molecule has 0 nitrogen and oxygen atoms in total. The minimum Gasteiger partial charge on any atom is -0.0885 e. The molecule has 1 atom stereocenters. The molecular weight excluding hydrogens is 144 g/mol. The van der Waals surface area contributed by atoms with Crippen molar-refractivity contribution >= 4 is 0 Å². The first-order valence-corrected chi connectivity index (χ1v) is 5.47. The van der Waals surface area contributed by atoms with Crippen LogP contribution in [0.5, 0.6) is 0 Å². The smallest absolute Gasteiger partial charge is 0.0262 e. The van der Waals surface area contributed by atoms with Gasteiger partial charge in [0, 0.05) is 0 Å². The van der Waals surface area contributed by atoms with Gasteiger partial charge >= 0.3 is 0 Å². The minimum absolute atomic E-state index is 0.793. The molecule has 12 heavy (non-hydrogen) atoms. The molecule has 0 fully saturated rings. The van der Waals surface area contributed by atoms with Crippen LogP contribution in [-0.2, 0) is 0 Å². The summed E-state index contributed by atoms with van der Waals surface area (Å²) in [5, 5.41) is 0. The highest BCUT2D eigenvalue weighted by Crippen LogP contribution is 2.11. The lowest BCUT2D eigenvalue weighted by molar-refractivity contribution is 0.560. The van der Waals surface area contributed by atoms with Crippen molar-refractivity contribution in [2.24, 2.45) is 5.92 Å². The Hall–Kier alpha value is -0.260. The molecule has 0 aromatic heterocycles. The lowest BCUT2D eigenvalue weighted by Gasteiger charge is -2.04. The Labute approximate surface area is 78.1 Å². The molecule has 0 aliphatic rings. The second kappa shape index (κ2) is 8.83. The average Bonchev–Trinajstić information content (AvgIpc) is 2.09. The molecule has 0 rings (SSSR count). The maximum Gasteiger partial charge on any atom is -0.0262 e. The summed E-state index contributed by atoms with van der Waals surface area (Å²) in [5.74, 6) is 0.793. The third-order valence-corrected chi connectivity index (χ3v) is 2.21. The molecule has 0 saturated heterocycles. The summed E-state index contributed by atoms with van der Waals surface area (Å²) in [5.41, 5.74) is 0. The summed E-state index contributed by atoms with van der Waals surface area (Å²) in [4.78, 5) is 0. The van der Waals surface area contributed by atoms with Crippen LogP contribution in [0.3, 0.4) is 0 Å². The van der Waals surface area contributed by atoms with Crippen molar-refractivity contribution < 1.29 is 0 Å². The molecule has 0 aromatic rings. The van der Waals surface area contributed by atoms with Crippen LogP contribution < -0.4 is 0 Å². The summed E-state index contributed by atoms with van der Waals surface area (Å²) in [6.45, 7) is 6.78. The summed E-state index contributed by atoms with van der Waals surface area (Å²) < 4.78 is 0. The molecule has 0 aromatic carbocycles. The van der Waals surface area contributed by atoms with Crippen LogP contribution in [0.25, 0.3) is 0 Å². The topological polar surface area (TPSA) is 0 Å². The Bertz CT molecular complexity index is 103. The Balaban J connectivity index is 3.19. The lowest BCUT2D eigenvalue weighted by Crippen LogP contribution is -1.89. The second-order valence-corrected chi connectivity index (χ2v) is 3.66. The normalized spacial score (nSPS) is 13.9. The van der Waals surface area contributed by atoms with Crippen molar-refractivity contribution in [2.45, 2.75) is 59.3 Å². The van der Waals surface area contributed by atoms with Crippen LogP contribution in [0.4, 0.5) is 0 Å². The van der Waals surface area contributed by atoms with Gasteiger partial charge < -0.3 is 0 Å². The molecule has 0 aliphatic carbocycles. The fourth-order valence-corrected chi connectivity index (χ4v) is 1.36. The standard InChI is InChI=1S/C12H24/c1-4-6-8-9-11-12(3)10-7-5-2/h7,10,12H,4-6,8-9,11H2,1-3H3. The van der Waals surface area contributed by atoms with Gasteiger partial charge in [-0.1, -0.05) is 58.6 Å². The lowest BCUT2D eigenvalue weighted by atomic mass is 10.0. The first-order chi connectivity index (χ1) is 5.81. The molecule has 0 N–H and O–H groups in total. The molecule has 0 heterocycles. The molecule has 0 radical (unpaired) electrons. The van der Waals surface area contributed by atoms with E-state index in [1.807, 2.05) is 0 Å². The summed E-state index contributed by atoms with van der Waals surface area (Å²) in [6, 6.07) is 0. The number of hydrogen-bond acceptors (Lipinski definition) is 0. The molecule has 0 saturated carbocycles. The van der Waals surface area contributed by atoms with Gasteiger partial charge in [-0.25, -0.2) is 0 Å². The Morgan fingerprint density at radius 1 is 1.08 bits per heavy atom. The van der Waals surface area contributed by atoms with Crippen LogP contribution in [0.1, 0.15) is 59.3 Å². The molecule has 0 bridgehead atoms. The third kappa shape index (κ3) is 7.84. The second-order valence-electron chi connectivity index (χ2n) is 3.66. The van der Waals surface area contributed by atoms with Crippen molar-refractivity contribution in [1.29, 1.82) is 0 Å². The van der Waals surface area contributed by atoms with Gasteiger partial charge in [-0.3, -0.25) is 0 Å². The maximum absolute atomic E-state index is 2.35. The van der Waals surface area contributed by atoms with Crippen LogP contribution >= 0.6 is 0 Å². The SMILES string of the molecule is CCC=CC(C)CCCCCC. The monoisotopic (exact) mass is 168 g/mol. The fraction of sp³-hybridized carbons (Fsp3) is 0.833. The molecular formula is C12H24. The van der Waals surface area contributed by atoms with Gasteiger partial charge in [-0.2, -0.15) is 0 Å². The van der Waals surface area contributed by atoms with E-state index < -0.39 is 0 Å². The number of allylic oxidation sites excluding steroid dienone is 2. The van der Waals surface area contributed by atoms with E-state index in [4.69, 9.17) is 0 Å². The predicted molar refractivity (Wildman–Crippen MR) is 57.4 cm³/mol. The van der Waals surface area contributed by atoms with E-state index in [1.165, 1.54) is 38.5 Å². The Morgan fingerprint density at radius 3 is 2.42 bits per heavy atom. The van der Waals surface area contributed by atoms with Crippen molar-refractivity contribution in [2.75, 3.05) is 0 Å². The fourth-order valence-electron chi connectivity index (χ4n) is 1.36. The van der Waals surface area contributed by atoms with Gasteiger partial charge in [-0.05, 0) is 18.8 Å². The van der Waals surface area contributed by atoms with Gasteiger partial charge in [0.1, 0.15) is 0 Å². The van der Waals surface area contributed by atoms with Gasteiger partial charge in [0.05, 0.1) is 0 Å². The highest BCUT2D eigenvalue weighted by Gasteiger charge is 1.95. The Kier molecular flexibility index (Phi) is 8.64. The first-order valence-electron chi connectivity index (χ1n) is 5.47. The van der Waals surface area contributed by atoms with E-state index in [-0.39, 0.29) is 0 Å². The molecule has 0 spiro atoms. The van der Waals surface area contributed by atoms with Crippen molar-refractivity contribution in [1.82, 2.24) is 0 Å². The zero-order chi connectivity index (χ0) is 9.23. The van der Waals surface area contributed by atoms with E-state index in [1.54, 1.807) is 0 Å². The molecule has 72 valence electrons. The van der Waals surface area contributed by atoms with E-state index in [0.29, 0.717) is 0 Å². The zero-order valence-electron chi connectivity index (χ0n) is 8.97. The first kappa shape index (κ1) is 11.7. The summed E-state index contributed by atoms with van der Waals surface area (Å²) in [7, 11) is 0. The van der Waals surface area contributed by atoms with Crippen LogP contribution in [-0.4, -0.2) is 0 Å². The van der Waals surface area contributed by atoms with Crippen LogP contribution in [0.2, 0.25) is 0 Å². The van der Waals surface area contributed by atoms with E-state index >= 15 is 0 Å². The van der Waals surface area contributed by atoms with Gasteiger partial charge in [0.2, 0.25) is 0 Å². The Morgan fingerprint density at radius 2 is 1.83 bits per heavy atom. The molecule has 0 amide bonds. The number of unbranched alkanes of at least 4 members (excludes halogenated alkanes) is 3. The molecule has 0 aliphatic heterocycles. The number of rotatable bonds is 7. The largest absolute Gasteiger partial charge is 0.0885 e. The highest BCUT2D eigenvalue weighted by molar-refractivity contribution is 4.84. The van der Waals surface area contributed by atoms with E-state index in [2.05, 4.69) is 32.9 Å². The van der Waals surface area contributed by atoms with Crippen molar-refractivity contribution in [3.05, 3.63) is 12.2 Å². The third-order valence-electron chi connectivity index (χ3n) is 2.21.